The molecule has 5 rings (SSSR count). The first-order valence-corrected chi connectivity index (χ1v) is 11.1. The largest absolute Gasteiger partial charge is 0.370 e. The summed E-state index contributed by atoms with van der Waals surface area (Å²) >= 11 is 5.96. The van der Waals surface area contributed by atoms with Crippen LogP contribution in [0.3, 0.4) is 0 Å². The van der Waals surface area contributed by atoms with E-state index in [1.165, 1.54) is 16.7 Å². The zero-order valence-electron chi connectivity index (χ0n) is 18.8. The molecule has 0 N–H and O–H groups in total. The molecule has 11 heteroatoms. The Hall–Kier alpha value is -3.50. The third-order valence-electron chi connectivity index (χ3n) is 5.84. The van der Waals surface area contributed by atoms with Gasteiger partial charge in [-0.1, -0.05) is 11.6 Å². The SMILES string of the molecule is Cc1cc([C@H]2CN(c3nc(-c4ccc(Cl)cc4F)c4nc(C)n(C)c(=O)c4n3)CCO2)cnn1. The smallest absolute Gasteiger partial charge is 0.279 e. The highest BCUT2D eigenvalue weighted by molar-refractivity contribution is 6.30. The van der Waals surface area contributed by atoms with Crippen molar-refractivity contribution >= 4 is 28.6 Å². The van der Waals surface area contributed by atoms with Crippen LogP contribution in [0.1, 0.15) is 23.2 Å². The summed E-state index contributed by atoms with van der Waals surface area (Å²) in [5.74, 6) is 0.208. The van der Waals surface area contributed by atoms with E-state index in [0.717, 1.165) is 11.3 Å². The molecule has 9 nitrogen and oxygen atoms in total. The van der Waals surface area contributed by atoms with Crippen LogP contribution >= 0.6 is 11.6 Å². The molecular weight excluding hydrogens is 461 g/mol. The van der Waals surface area contributed by atoms with Gasteiger partial charge in [0.25, 0.3) is 5.56 Å². The van der Waals surface area contributed by atoms with E-state index in [2.05, 4.69) is 25.1 Å². The lowest BCUT2D eigenvalue weighted by atomic mass is 10.1. The van der Waals surface area contributed by atoms with Crippen LogP contribution in [0.25, 0.3) is 22.3 Å². The van der Waals surface area contributed by atoms with Crippen LogP contribution in [0.2, 0.25) is 5.02 Å². The third-order valence-corrected chi connectivity index (χ3v) is 6.08. The van der Waals surface area contributed by atoms with Gasteiger partial charge in [-0.15, -0.1) is 0 Å². The molecule has 1 saturated heterocycles. The maximum Gasteiger partial charge on any atom is 0.279 e. The van der Waals surface area contributed by atoms with E-state index in [-0.39, 0.29) is 39.0 Å². The van der Waals surface area contributed by atoms with Crippen LogP contribution in [-0.2, 0) is 11.8 Å². The summed E-state index contributed by atoms with van der Waals surface area (Å²) in [7, 11) is 1.62. The molecule has 1 aliphatic rings. The molecule has 34 heavy (non-hydrogen) atoms. The van der Waals surface area contributed by atoms with E-state index in [1.54, 1.807) is 26.2 Å². The number of aryl methyl sites for hydroxylation is 2. The fourth-order valence-electron chi connectivity index (χ4n) is 3.95. The number of hydrogen-bond donors (Lipinski definition) is 0. The zero-order chi connectivity index (χ0) is 24.0. The Morgan fingerprint density at radius 2 is 1.97 bits per heavy atom. The summed E-state index contributed by atoms with van der Waals surface area (Å²) < 4.78 is 22.3. The number of ether oxygens (including phenoxy) is 1. The zero-order valence-corrected chi connectivity index (χ0v) is 19.5. The Labute approximate surface area is 199 Å². The summed E-state index contributed by atoms with van der Waals surface area (Å²) in [5, 5.41) is 8.27. The first-order chi connectivity index (χ1) is 16.3. The molecule has 1 fully saturated rings. The molecule has 4 heterocycles. The molecule has 174 valence electrons. The van der Waals surface area contributed by atoms with Gasteiger partial charge in [-0.05, 0) is 38.1 Å². The van der Waals surface area contributed by atoms with E-state index in [4.69, 9.17) is 16.3 Å². The van der Waals surface area contributed by atoms with Crippen LogP contribution in [-0.4, -0.2) is 49.4 Å². The van der Waals surface area contributed by atoms with Crippen molar-refractivity contribution in [2.45, 2.75) is 20.0 Å². The predicted molar refractivity (Wildman–Crippen MR) is 125 cm³/mol. The van der Waals surface area contributed by atoms with Crippen LogP contribution in [0.5, 0.6) is 0 Å². The molecule has 1 aliphatic heterocycles. The average Bonchev–Trinajstić information content (AvgIpc) is 2.82. The van der Waals surface area contributed by atoms with Crippen LogP contribution in [0.15, 0.2) is 35.3 Å². The van der Waals surface area contributed by atoms with Crippen LogP contribution < -0.4 is 10.5 Å². The van der Waals surface area contributed by atoms with Gasteiger partial charge in [-0.3, -0.25) is 9.36 Å². The highest BCUT2D eigenvalue weighted by Gasteiger charge is 2.27. The lowest BCUT2D eigenvalue weighted by Gasteiger charge is -2.33. The van der Waals surface area contributed by atoms with E-state index in [0.29, 0.717) is 31.5 Å². The second kappa shape index (κ2) is 8.69. The minimum Gasteiger partial charge on any atom is -0.370 e. The second-order valence-electron chi connectivity index (χ2n) is 8.15. The fourth-order valence-corrected chi connectivity index (χ4v) is 4.11. The number of hydrogen-bond acceptors (Lipinski definition) is 8. The van der Waals surface area contributed by atoms with Crippen molar-refractivity contribution in [3.63, 3.8) is 0 Å². The average molecular weight is 482 g/mol. The highest BCUT2D eigenvalue weighted by atomic mass is 35.5. The summed E-state index contributed by atoms with van der Waals surface area (Å²) in [6.07, 6.45) is 1.39. The van der Waals surface area contributed by atoms with Gasteiger partial charge < -0.3 is 9.64 Å². The predicted octanol–water partition coefficient (Wildman–Crippen LogP) is 3.17. The van der Waals surface area contributed by atoms with E-state index >= 15 is 0 Å². The highest BCUT2D eigenvalue weighted by Crippen LogP contribution is 2.31. The van der Waals surface area contributed by atoms with Crippen molar-refractivity contribution in [2.75, 3.05) is 24.6 Å². The van der Waals surface area contributed by atoms with Gasteiger partial charge >= 0.3 is 0 Å². The number of fused-ring (bicyclic) bond motifs is 1. The molecule has 0 amide bonds. The molecule has 3 aromatic heterocycles. The lowest BCUT2D eigenvalue weighted by molar-refractivity contribution is 0.0389. The Morgan fingerprint density at radius 3 is 2.74 bits per heavy atom. The van der Waals surface area contributed by atoms with Crippen molar-refractivity contribution in [2.24, 2.45) is 7.05 Å². The fraction of sp³-hybridized carbons (Fsp3) is 0.304. The maximum absolute atomic E-state index is 14.9. The standard InChI is InChI=1S/C23H21ClFN7O2/c1-12-8-14(10-26-30-12)18-11-32(6-7-34-18)23-28-19(16-5-4-15(24)9-17(16)25)20-21(29-23)22(33)31(3)13(2)27-20/h4-5,8-10,18H,6-7,11H2,1-3H3/t18-/m1/s1. The number of morpholine rings is 1. The molecule has 1 atom stereocenters. The monoisotopic (exact) mass is 481 g/mol. The number of rotatable bonds is 3. The minimum absolute atomic E-state index is 0.118. The molecule has 0 spiro atoms. The van der Waals surface area contributed by atoms with Crippen molar-refractivity contribution in [3.05, 3.63) is 68.7 Å². The topological polar surface area (TPSA) is 98.9 Å². The molecule has 0 saturated carbocycles. The van der Waals surface area contributed by atoms with Gasteiger partial charge in [0.15, 0.2) is 5.52 Å². The van der Waals surface area contributed by atoms with E-state index in [1.807, 2.05) is 17.9 Å². The van der Waals surface area contributed by atoms with Gasteiger partial charge in [0.05, 0.1) is 25.0 Å². The number of benzene rings is 1. The van der Waals surface area contributed by atoms with E-state index < -0.39 is 5.82 Å². The van der Waals surface area contributed by atoms with Crippen LogP contribution in [0, 0.1) is 19.7 Å². The van der Waals surface area contributed by atoms with Gasteiger partial charge in [-0.25, -0.2) is 19.3 Å². The van der Waals surface area contributed by atoms with Crippen molar-refractivity contribution in [1.82, 2.24) is 29.7 Å². The van der Waals surface area contributed by atoms with E-state index in [9.17, 15) is 9.18 Å². The Morgan fingerprint density at radius 1 is 1.15 bits per heavy atom. The van der Waals surface area contributed by atoms with Crippen molar-refractivity contribution in [1.29, 1.82) is 0 Å². The summed E-state index contributed by atoms with van der Waals surface area (Å²) in [5.41, 5.74) is 2.12. The normalized spacial score (nSPS) is 16.3. The number of aromatic nitrogens is 6. The van der Waals surface area contributed by atoms with Gasteiger partial charge in [-0.2, -0.15) is 10.2 Å². The maximum atomic E-state index is 14.9. The van der Waals surface area contributed by atoms with Crippen LogP contribution in [0.4, 0.5) is 10.3 Å². The Kier molecular flexibility index (Phi) is 5.70. The second-order valence-corrected chi connectivity index (χ2v) is 8.59. The third kappa shape index (κ3) is 3.99. The van der Waals surface area contributed by atoms with Crippen molar-refractivity contribution < 1.29 is 9.13 Å². The summed E-state index contributed by atoms with van der Waals surface area (Å²) in [6, 6.07) is 6.23. The van der Waals surface area contributed by atoms with Gasteiger partial charge in [0.1, 0.15) is 29.0 Å². The quantitative estimate of drug-likeness (QED) is 0.440. The number of anilines is 1. The Balaban J connectivity index is 1.66. The number of nitrogens with zero attached hydrogens (tertiary/aromatic N) is 7. The molecule has 1 aromatic carbocycles. The van der Waals surface area contributed by atoms with Gasteiger partial charge in [0.2, 0.25) is 5.95 Å². The summed E-state index contributed by atoms with van der Waals surface area (Å²) in [6.45, 7) is 4.91. The van der Waals surface area contributed by atoms with Gasteiger partial charge in [0, 0.05) is 29.7 Å². The van der Waals surface area contributed by atoms with Crippen molar-refractivity contribution in [3.8, 4) is 11.3 Å². The molecular formula is C23H21ClFN7O2. The molecule has 0 radical (unpaired) electrons. The first-order valence-electron chi connectivity index (χ1n) is 10.7. The summed E-state index contributed by atoms with van der Waals surface area (Å²) in [4.78, 5) is 28.8. The Bertz CT molecular complexity index is 1480. The number of halogens is 2. The first kappa shape index (κ1) is 22.3. The lowest BCUT2D eigenvalue weighted by Crippen LogP contribution is -2.39. The molecule has 0 unspecified atom stereocenters. The minimum atomic E-state index is -0.559. The molecule has 4 aromatic rings. The molecule has 0 bridgehead atoms. The molecule has 0 aliphatic carbocycles.